The molecule has 3 nitrogen and oxygen atoms in total. The van der Waals surface area contributed by atoms with Crippen LogP contribution in [0.15, 0.2) is 28.7 Å². The molecule has 1 heterocycles. The number of nitrogens with two attached hydrogens (primary N) is 1. The molecular weight excluding hydrogens is 326 g/mol. The number of hydrogen-bond acceptors (Lipinski definition) is 3. The highest BCUT2D eigenvalue weighted by atomic mass is 79.9. The molecule has 0 unspecified atom stereocenters. The predicted octanol–water partition coefficient (Wildman–Crippen LogP) is 4.23. The third-order valence-corrected chi connectivity index (χ3v) is 4.70. The van der Waals surface area contributed by atoms with Crippen LogP contribution in [-0.2, 0) is 12.8 Å². The Balaban J connectivity index is 2.34. The Morgan fingerprint density at radius 3 is 2.67 bits per heavy atom. The highest BCUT2D eigenvalue weighted by Crippen LogP contribution is 2.38. The lowest BCUT2D eigenvalue weighted by Crippen LogP contribution is -2.07. The number of nitriles is 1. The molecule has 0 atom stereocenters. The lowest BCUT2D eigenvalue weighted by atomic mass is 9.92. The van der Waals surface area contributed by atoms with E-state index in [9.17, 15) is 5.26 Å². The van der Waals surface area contributed by atoms with Crippen LogP contribution < -0.4 is 5.73 Å². The van der Waals surface area contributed by atoms with Crippen LogP contribution in [0.25, 0.3) is 11.1 Å². The van der Waals surface area contributed by atoms with E-state index in [1.54, 1.807) is 0 Å². The van der Waals surface area contributed by atoms with E-state index in [1.165, 1.54) is 12.0 Å². The Morgan fingerprint density at radius 1 is 1.14 bits per heavy atom. The van der Waals surface area contributed by atoms with Crippen LogP contribution in [-0.4, -0.2) is 4.98 Å². The maximum absolute atomic E-state index is 9.54. The van der Waals surface area contributed by atoms with Crippen LogP contribution in [0, 0.1) is 11.3 Å². The molecule has 0 fully saturated rings. The Morgan fingerprint density at radius 2 is 1.90 bits per heavy atom. The zero-order valence-corrected chi connectivity index (χ0v) is 13.3. The monoisotopic (exact) mass is 341 g/mol. The molecule has 4 heteroatoms. The number of nitrogens with zero attached hydrogens (tertiary/aromatic N) is 2. The zero-order chi connectivity index (χ0) is 14.8. The first-order valence-corrected chi connectivity index (χ1v) is 7.98. The SMILES string of the molecule is N#Cc1c(N)nc2c(c1-c1ccccc1Br)CCCCC2. The van der Waals surface area contributed by atoms with Gasteiger partial charge in [0.25, 0.3) is 0 Å². The standard InChI is InChI=1S/C17H16BrN3/c18-14-8-5-4-6-11(14)16-12-7-2-1-3-9-15(12)21-17(20)13(16)10-19/h4-6,8H,1-3,7,9H2,(H2,20,21). The van der Waals surface area contributed by atoms with E-state index in [-0.39, 0.29) is 0 Å². The molecule has 0 saturated carbocycles. The average Bonchev–Trinajstić information content (AvgIpc) is 2.71. The van der Waals surface area contributed by atoms with Crippen LogP contribution in [0.3, 0.4) is 0 Å². The summed E-state index contributed by atoms with van der Waals surface area (Å²) in [4.78, 5) is 4.50. The predicted molar refractivity (Wildman–Crippen MR) is 87.8 cm³/mol. The third-order valence-electron chi connectivity index (χ3n) is 4.01. The van der Waals surface area contributed by atoms with Crippen molar-refractivity contribution in [2.45, 2.75) is 32.1 Å². The number of pyridine rings is 1. The molecule has 2 N–H and O–H groups in total. The normalized spacial score (nSPS) is 14.1. The Kier molecular flexibility index (Phi) is 3.94. The Labute approximate surface area is 132 Å². The van der Waals surface area contributed by atoms with Gasteiger partial charge in [-0.15, -0.1) is 0 Å². The number of anilines is 1. The number of fused-ring (bicyclic) bond motifs is 1. The van der Waals surface area contributed by atoms with Gasteiger partial charge in [0.2, 0.25) is 0 Å². The lowest BCUT2D eigenvalue weighted by molar-refractivity contribution is 0.709. The molecular formula is C17H16BrN3. The van der Waals surface area contributed by atoms with Gasteiger partial charge < -0.3 is 5.73 Å². The first kappa shape index (κ1) is 14.1. The fraction of sp³-hybridized carbons (Fsp3) is 0.294. The molecule has 1 aliphatic carbocycles. The minimum absolute atomic E-state index is 0.351. The summed E-state index contributed by atoms with van der Waals surface area (Å²) in [6.07, 6.45) is 5.39. The van der Waals surface area contributed by atoms with Gasteiger partial charge in [0.05, 0.1) is 0 Å². The van der Waals surface area contributed by atoms with Gasteiger partial charge >= 0.3 is 0 Å². The second kappa shape index (κ2) is 5.87. The summed E-state index contributed by atoms with van der Waals surface area (Å²) in [5.74, 6) is 0.351. The van der Waals surface area contributed by atoms with Crippen LogP contribution in [0.2, 0.25) is 0 Å². The summed E-state index contributed by atoms with van der Waals surface area (Å²) in [6.45, 7) is 0. The number of nitrogen functional groups attached to an aromatic ring is 1. The van der Waals surface area contributed by atoms with Gasteiger partial charge in [0.15, 0.2) is 0 Å². The van der Waals surface area contributed by atoms with Crippen LogP contribution >= 0.6 is 15.9 Å². The molecule has 106 valence electrons. The number of halogens is 1. The first-order chi connectivity index (χ1) is 10.2. The Bertz CT molecular complexity index is 732. The summed E-state index contributed by atoms with van der Waals surface area (Å²) in [7, 11) is 0. The van der Waals surface area contributed by atoms with Gasteiger partial charge in [-0.05, 0) is 42.9 Å². The van der Waals surface area contributed by atoms with Gasteiger partial charge in [-0.2, -0.15) is 5.26 Å². The molecule has 0 spiro atoms. The van der Waals surface area contributed by atoms with Crippen molar-refractivity contribution in [3.05, 3.63) is 45.6 Å². The van der Waals surface area contributed by atoms with Crippen molar-refractivity contribution in [3.63, 3.8) is 0 Å². The summed E-state index contributed by atoms with van der Waals surface area (Å²) < 4.78 is 0.985. The molecule has 1 aliphatic rings. The lowest BCUT2D eigenvalue weighted by Gasteiger charge is -2.16. The number of rotatable bonds is 1. The van der Waals surface area contributed by atoms with E-state index in [2.05, 4.69) is 27.0 Å². The Hall–Kier alpha value is -1.86. The van der Waals surface area contributed by atoms with E-state index in [0.717, 1.165) is 47.0 Å². The molecule has 3 rings (SSSR count). The van der Waals surface area contributed by atoms with Gasteiger partial charge in [0.1, 0.15) is 17.5 Å². The molecule has 0 amide bonds. The summed E-state index contributed by atoms with van der Waals surface area (Å²) in [5, 5.41) is 9.54. The van der Waals surface area contributed by atoms with Crippen LogP contribution in [0.1, 0.15) is 36.1 Å². The van der Waals surface area contributed by atoms with Crippen molar-refractivity contribution in [2.24, 2.45) is 0 Å². The topological polar surface area (TPSA) is 62.7 Å². The molecule has 0 aliphatic heterocycles. The quantitative estimate of drug-likeness (QED) is 0.789. The van der Waals surface area contributed by atoms with Crippen molar-refractivity contribution in [1.29, 1.82) is 5.26 Å². The number of aryl methyl sites for hydroxylation is 1. The van der Waals surface area contributed by atoms with Crippen molar-refractivity contribution < 1.29 is 0 Å². The van der Waals surface area contributed by atoms with E-state index in [1.807, 2.05) is 24.3 Å². The molecule has 2 aromatic rings. The van der Waals surface area contributed by atoms with Crippen LogP contribution in [0.4, 0.5) is 5.82 Å². The van der Waals surface area contributed by atoms with Crippen molar-refractivity contribution >= 4 is 21.7 Å². The summed E-state index contributed by atoms with van der Waals surface area (Å²) in [5.41, 5.74) is 10.8. The molecule has 21 heavy (non-hydrogen) atoms. The van der Waals surface area contributed by atoms with Gasteiger partial charge in [-0.1, -0.05) is 40.5 Å². The molecule has 1 aromatic heterocycles. The number of hydrogen-bond donors (Lipinski definition) is 1. The number of aromatic nitrogens is 1. The largest absolute Gasteiger partial charge is 0.383 e. The maximum atomic E-state index is 9.54. The third kappa shape index (κ3) is 2.54. The highest BCUT2D eigenvalue weighted by Gasteiger charge is 2.22. The first-order valence-electron chi connectivity index (χ1n) is 7.18. The minimum atomic E-state index is 0.351. The second-order valence-electron chi connectivity index (χ2n) is 5.32. The van der Waals surface area contributed by atoms with Gasteiger partial charge in [-0.25, -0.2) is 4.98 Å². The smallest absolute Gasteiger partial charge is 0.142 e. The fourth-order valence-electron chi connectivity index (χ4n) is 3.01. The molecule has 0 bridgehead atoms. The second-order valence-corrected chi connectivity index (χ2v) is 6.18. The molecule has 0 radical (unpaired) electrons. The zero-order valence-electron chi connectivity index (χ0n) is 11.7. The van der Waals surface area contributed by atoms with Crippen LogP contribution in [0.5, 0.6) is 0 Å². The van der Waals surface area contributed by atoms with Crippen molar-refractivity contribution in [1.82, 2.24) is 4.98 Å². The maximum Gasteiger partial charge on any atom is 0.142 e. The molecule has 0 saturated heterocycles. The summed E-state index contributed by atoms with van der Waals surface area (Å²) >= 11 is 3.60. The van der Waals surface area contributed by atoms with E-state index in [0.29, 0.717) is 11.4 Å². The van der Waals surface area contributed by atoms with E-state index >= 15 is 0 Å². The summed E-state index contributed by atoms with van der Waals surface area (Å²) in [6, 6.07) is 10.2. The van der Waals surface area contributed by atoms with Crippen molar-refractivity contribution in [2.75, 3.05) is 5.73 Å². The van der Waals surface area contributed by atoms with Gasteiger partial charge in [0, 0.05) is 15.7 Å². The number of benzene rings is 1. The minimum Gasteiger partial charge on any atom is -0.383 e. The highest BCUT2D eigenvalue weighted by molar-refractivity contribution is 9.10. The van der Waals surface area contributed by atoms with Gasteiger partial charge in [-0.3, -0.25) is 0 Å². The fourth-order valence-corrected chi connectivity index (χ4v) is 3.50. The van der Waals surface area contributed by atoms with E-state index < -0.39 is 0 Å². The van der Waals surface area contributed by atoms with E-state index in [4.69, 9.17) is 5.73 Å². The molecule has 1 aromatic carbocycles. The average molecular weight is 342 g/mol. The van der Waals surface area contributed by atoms with Crippen molar-refractivity contribution in [3.8, 4) is 17.2 Å².